The summed E-state index contributed by atoms with van der Waals surface area (Å²) in [6.07, 6.45) is 2.26. The van der Waals surface area contributed by atoms with Crippen LogP contribution in [0.25, 0.3) is 0 Å². The van der Waals surface area contributed by atoms with E-state index in [2.05, 4.69) is 0 Å². The van der Waals surface area contributed by atoms with E-state index in [1.165, 1.54) is 0 Å². The molecule has 0 radical (unpaired) electrons. The van der Waals surface area contributed by atoms with Crippen molar-refractivity contribution in [2.75, 3.05) is 6.54 Å². The van der Waals surface area contributed by atoms with Crippen LogP contribution in [0.1, 0.15) is 27.6 Å². The Bertz CT molecular complexity index is 496. The van der Waals surface area contributed by atoms with Crippen molar-refractivity contribution in [2.24, 2.45) is 0 Å². The smallest absolute Gasteiger partial charge is 0.261 e. The molecule has 0 aliphatic carbocycles. The van der Waals surface area contributed by atoms with Crippen LogP contribution in [0.2, 0.25) is 0 Å². The number of carbonyl (C=O) groups excluding carboxylic acids is 3. The molecule has 0 aromatic heterocycles. The lowest BCUT2D eigenvalue weighted by molar-refractivity contribution is -0.104. The molecule has 4 heteroatoms. The van der Waals surface area contributed by atoms with Gasteiger partial charge in [-0.05, 0) is 24.6 Å². The molecule has 0 N–H and O–H groups in total. The highest BCUT2D eigenvalue weighted by Gasteiger charge is 2.34. The molecule has 4 nitrogen and oxygen atoms in total. The molecule has 0 atom stereocenters. The summed E-state index contributed by atoms with van der Waals surface area (Å²) in [6, 6.07) is 6.71. The van der Waals surface area contributed by atoms with E-state index in [-0.39, 0.29) is 18.4 Å². The SMILES string of the molecule is C/C(C=O)=C/CN1C(=O)c2ccccc2C1=O. The van der Waals surface area contributed by atoms with Gasteiger partial charge in [0.05, 0.1) is 11.1 Å². The minimum absolute atomic E-state index is 0.136. The van der Waals surface area contributed by atoms with Gasteiger partial charge in [0.2, 0.25) is 0 Å². The Labute approximate surface area is 98.5 Å². The van der Waals surface area contributed by atoms with Crippen molar-refractivity contribution in [1.29, 1.82) is 0 Å². The van der Waals surface area contributed by atoms with Crippen LogP contribution in [0.4, 0.5) is 0 Å². The molecule has 1 aliphatic heterocycles. The van der Waals surface area contributed by atoms with Gasteiger partial charge in [0.25, 0.3) is 11.8 Å². The summed E-state index contributed by atoms with van der Waals surface area (Å²) in [6.45, 7) is 1.77. The van der Waals surface area contributed by atoms with Gasteiger partial charge in [0, 0.05) is 6.54 Å². The van der Waals surface area contributed by atoms with E-state index in [1.807, 2.05) is 0 Å². The third-order valence-corrected chi connectivity index (χ3v) is 2.66. The van der Waals surface area contributed by atoms with Crippen molar-refractivity contribution < 1.29 is 14.4 Å². The largest absolute Gasteiger partial charge is 0.298 e. The van der Waals surface area contributed by atoms with E-state index in [9.17, 15) is 14.4 Å². The van der Waals surface area contributed by atoms with Crippen LogP contribution in [-0.2, 0) is 4.79 Å². The lowest BCUT2D eigenvalue weighted by atomic mass is 10.1. The van der Waals surface area contributed by atoms with Gasteiger partial charge in [-0.15, -0.1) is 0 Å². The predicted octanol–water partition coefficient (Wildman–Crippen LogP) is 1.43. The lowest BCUT2D eigenvalue weighted by Gasteiger charge is -2.10. The Kier molecular flexibility index (Phi) is 2.87. The molecule has 1 aromatic carbocycles. The van der Waals surface area contributed by atoms with Gasteiger partial charge in [0.1, 0.15) is 6.29 Å². The second kappa shape index (κ2) is 4.33. The molecule has 0 unspecified atom stereocenters. The van der Waals surface area contributed by atoms with E-state index < -0.39 is 0 Å². The Morgan fingerprint density at radius 1 is 1.18 bits per heavy atom. The second-order valence-corrected chi connectivity index (χ2v) is 3.83. The lowest BCUT2D eigenvalue weighted by Crippen LogP contribution is -2.29. The molecule has 1 aromatic rings. The summed E-state index contributed by atoms with van der Waals surface area (Å²) in [4.78, 5) is 35.4. The van der Waals surface area contributed by atoms with Crippen LogP contribution in [0.3, 0.4) is 0 Å². The van der Waals surface area contributed by atoms with Crippen LogP contribution in [0, 0.1) is 0 Å². The van der Waals surface area contributed by atoms with Crippen molar-refractivity contribution in [2.45, 2.75) is 6.92 Å². The summed E-state index contributed by atoms with van der Waals surface area (Å²) >= 11 is 0. The molecule has 0 saturated heterocycles. The number of carbonyl (C=O) groups is 3. The Morgan fingerprint density at radius 2 is 1.71 bits per heavy atom. The fraction of sp³-hybridized carbons (Fsp3) is 0.154. The standard InChI is InChI=1S/C13H11NO3/c1-9(8-15)6-7-14-12(16)10-4-2-3-5-11(10)13(14)17/h2-6,8H,7H2,1H3/b9-6-. The molecule has 0 bridgehead atoms. The maximum atomic E-state index is 11.9. The maximum Gasteiger partial charge on any atom is 0.261 e. The van der Waals surface area contributed by atoms with Crippen LogP contribution in [0.15, 0.2) is 35.9 Å². The summed E-state index contributed by atoms with van der Waals surface area (Å²) < 4.78 is 0. The van der Waals surface area contributed by atoms with Crippen LogP contribution in [-0.4, -0.2) is 29.5 Å². The number of allylic oxidation sites excluding steroid dienone is 1. The van der Waals surface area contributed by atoms with Gasteiger partial charge < -0.3 is 0 Å². The summed E-state index contributed by atoms with van der Waals surface area (Å²) in [5.41, 5.74) is 1.35. The Hall–Kier alpha value is -2.23. The van der Waals surface area contributed by atoms with Crippen molar-refractivity contribution in [3.63, 3.8) is 0 Å². The number of nitrogens with zero attached hydrogens (tertiary/aromatic N) is 1. The van der Waals surface area contributed by atoms with Crippen LogP contribution >= 0.6 is 0 Å². The molecule has 0 spiro atoms. The second-order valence-electron chi connectivity index (χ2n) is 3.83. The first-order valence-corrected chi connectivity index (χ1v) is 5.22. The average Bonchev–Trinajstić information content (AvgIpc) is 2.60. The van der Waals surface area contributed by atoms with E-state index in [4.69, 9.17) is 0 Å². The fourth-order valence-electron chi connectivity index (χ4n) is 1.69. The Morgan fingerprint density at radius 3 is 2.18 bits per heavy atom. The van der Waals surface area contributed by atoms with E-state index >= 15 is 0 Å². The zero-order valence-electron chi connectivity index (χ0n) is 9.34. The summed E-state index contributed by atoms with van der Waals surface area (Å²) in [5, 5.41) is 0. The number of hydrogen-bond acceptors (Lipinski definition) is 3. The fourth-order valence-corrected chi connectivity index (χ4v) is 1.69. The highest BCUT2D eigenvalue weighted by atomic mass is 16.2. The zero-order chi connectivity index (χ0) is 12.4. The summed E-state index contributed by atoms with van der Waals surface area (Å²) in [5.74, 6) is -0.610. The van der Waals surface area contributed by atoms with Crippen molar-refractivity contribution in [1.82, 2.24) is 4.90 Å². The molecule has 1 aliphatic rings. The summed E-state index contributed by atoms with van der Waals surface area (Å²) in [7, 11) is 0. The molecular formula is C13H11NO3. The first-order valence-electron chi connectivity index (χ1n) is 5.22. The van der Waals surface area contributed by atoms with Crippen molar-refractivity contribution >= 4 is 18.1 Å². The molecular weight excluding hydrogens is 218 g/mol. The number of rotatable bonds is 3. The maximum absolute atomic E-state index is 11.9. The molecule has 86 valence electrons. The quantitative estimate of drug-likeness (QED) is 0.447. The first-order chi connectivity index (χ1) is 8.15. The minimum Gasteiger partial charge on any atom is -0.298 e. The number of benzene rings is 1. The molecule has 2 rings (SSSR count). The van der Waals surface area contributed by atoms with Gasteiger partial charge in [-0.2, -0.15) is 0 Å². The minimum atomic E-state index is -0.305. The predicted molar refractivity (Wildman–Crippen MR) is 61.6 cm³/mol. The molecule has 1 heterocycles. The number of fused-ring (bicyclic) bond motifs is 1. The molecule has 17 heavy (non-hydrogen) atoms. The van der Waals surface area contributed by atoms with Crippen molar-refractivity contribution in [3.8, 4) is 0 Å². The zero-order valence-corrected chi connectivity index (χ0v) is 9.34. The topological polar surface area (TPSA) is 54.5 Å². The average molecular weight is 229 g/mol. The molecule has 2 amide bonds. The third-order valence-electron chi connectivity index (χ3n) is 2.66. The first kappa shape index (κ1) is 11.3. The van der Waals surface area contributed by atoms with E-state index in [0.717, 1.165) is 4.90 Å². The molecule has 0 fully saturated rings. The van der Waals surface area contributed by atoms with Crippen molar-refractivity contribution in [3.05, 3.63) is 47.0 Å². The van der Waals surface area contributed by atoms with Gasteiger partial charge in [-0.3, -0.25) is 19.3 Å². The normalized spacial score (nSPS) is 15.1. The van der Waals surface area contributed by atoms with Gasteiger partial charge in [0.15, 0.2) is 0 Å². The highest BCUT2D eigenvalue weighted by Crippen LogP contribution is 2.22. The number of aldehydes is 1. The van der Waals surface area contributed by atoms with Crippen LogP contribution in [0.5, 0.6) is 0 Å². The van der Waals surface area contributed by atoms with Crippen LogP contribution < -0.4 is 0 Å². The molecule has 0 saturated carbocycles. The van der Waals surface area contributed by atoms with E-state index in [1.54, 1.807) is 37.3 Å². The van der Waals surface area contributed by atoms with Gasteiger partial charge in [-0.25, -0.2) is 0 Å². The monoisotopic (exact) mass is 229 g/mol. The van der Waals surface area contributed by atoms with Gasteiger partial charge in [-0.1, -0.05) is 18.2 Å². The number of hydrogen-bond donors (Lipinski definition) is 0. The Balaban J connectivity index is 2.28. The third kappa shape index (κ3) is 1.89. The number of amides is 2. The van der Waals surface area contributed by atoms with E-state index in [0.29, 0.717) is 23.0 Å². The highest BCUT2D eigenvalue weighted by molar-refractivity contribution is 6.21. The van der Waals surface area contributed by atoms with Gasteiger partial charge >= 0.3 is 0 Å². The number of imide groups is 1.